The molecule has 90 valence electrons. The average Bonchev–Trinajstić information content (AvgIpc) is 2.29. The predicted molar refractivity (Wildman–Crippen MR) is 56.8 cm³/mol. The van der Waals surface area contributed by atoms with Crippen LogP contribution in [0.15, 0.2) is 0 Å². The van der Waals surface area contributed by atoms with Gasteiger partial charge in [0, 0.05) is 11.5 Å². The van der Waals surface area contributed by atoms with Crippen LogP contribution in [0.1, 0.15) is 0 Å². The minimum Gasteiger partial charge on any atom is -0.263 e. The van der Waals surface area contributed by atoms with E-state index in [1.807, 2.05) is 0 Å². The van der Waals surface area contributed by atoms with E-state index in [4.69, 9.17) is 8.37 Å². The fraction of sp³-hybridized carbons (Fsp3) is 1.00. The lowest BCUT2D eigenvalue weighted by molar-refractivity contribution is 0.102. The number of thioether (sulfide) groups is 1. The zero-order valence-electron chi connectivity index (χ0n) is 8.24. The van der Waals surface area contributed by atoms with Crippen LogP contribution in [0.2, 0.25) is 0 Å². The first-order valence-electron chi connectivity index (χ1n) is 4.02. The van der Waals surface area contributed by atoms with Crippen molar-refractivity contribution in [2.24, 2.45) is 0 Å². The largest absolute Gasteiger partial charge is 0.264 e. The predicted octanol–water partition coefficient (Wildman–Crippen LogP) is -0.577. The van der Waals surface area contributed by atoms with Gasteiger partial charge in [0.15, 0.2) is 0 Å². The summed E-state index contributed by atoms with van der Waals surface area (Å²) in [4.78, 5) is 0. The molecule has 9 heteroatoms. The highest BCUT2D eigenvalue weighted by molar-refractivity contribution is 7.99. The molecule has 1 heterocycles. The van der Waals surface area contributed by atoms with E-state index in [2.05, 4.69) is 0 Å². The summed E-state index contributed by atoms with van der Waals surface area (Å²) in [5.41, 5.74) is 0. The fourth-order valence-electron chi connectivity index (χ4n) is 1.14. The number of rotatable bonds is 4. The normalized spacial score (nSPS) is 28.1. The molecule has 0 aromatic heterocycles. The molecule has 1 aliphatic heterocycles. The van der Waals surface area contributed by atoms with E-state index in [9.17, 15) is 16.8 Å². The second-order valence-electron chi connectivity index (χ2n) is 3.22. The molecule has 0 amide bonds. The van der Waals surface area contributed by atoms with Crippen molar-refractivity contribution >= 4 is 32.0 Å². The van der Waals surface area contributed by atoms with E-state index in [1.165, 1.54) is 11.8 Å². The Balaban J connectivity index is 2.66. The summed E-state index contributed by atoms with van der Waals surface area (Å²) in [5, 5.41) is 0. The van der Waals surface area contributed by atoms with Gasteiger partial charge < -0.3 is 0 Å². The summed E-state index contributed by atoms with van der Waals surface area (Å²) < 4.78 is 52.9. The Kier molecular flexibility index (Phi) is 4.04. The monoisotopic (exact) mass is 276 g/mol. The van der Waals surface area contributed by atoms with Crippen LogP contribution in [0.4, 0.5) is 0 Å². The molecule has 1 saturated heterocycles. The SMILES string of the molecule is CS(=O)(=O)O[C@@H]1CSC[C@H]1OS(C)(=O)=O. The molecule has 0 aromatic rings. The number of hydrogen-bond acceptors (Lipinski definition) is 7. The maximum absolute atomic E-state index is 10.9. The van der Waals surface area contributed by atoms with Gasteiger partial charge in [-0.2, -0.15) is 28.6 Å². The van der Waals surface area contributed by atoms with Gasteiger partial charge >= 0.3 is 0 Å². The molecule has 1 fully saturated rings. The third kappa shape index (κ3) is 5.16. The maximum atomic E-state index is 10.9. The Morgan fingerprint density at radius 2 is 1.27 bits per heavy atom. The Hall–Kier alpha value is 0.170. The van der Waals surface area contributed by atoms with E-state index in [0.717, 1.165) is 12.5 Å². The van der Waals surface area contributed by atoms with Gasteiger partial charge in [-0.3, -0.25) is 8.37 Å². The highest BCUT2D eigenvalue weighted by Gasteiger charge is 2.34. The summed E-state index contributed by atoms with van der Waals surface area (Å²) in [6.45, 7) is 0. The molecule has 0 bridgehead atoms. The van der Waals surface area contributed by atoms with Crippen molar-refractivity contribution in [3.05, 3.63) is 0 Å². The van der Waals surface area contributed by atoms with Crippen molar-refractivity contribution in [3.63, 3.8) is 0 Å². The molecule has 0 saturated carbocycles. The lowest BCUT2D eigenvalue weighted by Crippen LogP contribution is -2.33. The minimum absolute atomic E-state index is 0.410. The van der Waals surface area contributed by atoms with Gasteiger partial charge in [0.1, 0.15) is 12.2 Å². The molecule has 2 atom stereocenters. The molecular formula is C6H12O6S3. The Morgan fingerprint density at radius 3 is 1.53 bits per heavy atom. The van der Waals surface area contributed by atoms with Crippen molar-refractivity contribution in [1.29, 1.82) is 0 Å². The molecule has 0 aromatic carbocycles. The van der Waals surface area contributed by atoms with Crippen LogP contribution >= 0.6 is 11.8 Å². The average molecular weight is 276 g/mol. The van der Waals surface area contributed by atoms with Crippen LogP contribution in [-0.4, -0.2) is 53.1 Å². The Bertz CT molecular complexity index is 370. The van der Waals surface area contributed by atoms with Crippen LogP contribution < -0.4 is 0 Å². The van der Waals surface area contributed by atoms with E-state index < -0.39 is 32.4 Å². The first-order chi connectivity index (χ1) is 6.67. The topological polar surface area (TPSA) is 86.7 Å². The van der Waals surface area contributed by atoms with Gasteiger partial charge in [-0.1, -0.05) is 0 Å². The summed E-state index contributed by atoms with van der Waals surface area (Å²) in [6, 6.07) is 0. The maximum Gasteiger partial charge on any atom is 0.264 e. The second kappa shape index (κ2) is 4.58. The van der Waals surface area contributed by atoms with Crippen molar-refractivity contribution in [3.8, 4) is 0 Å². The van der Waals surface area contributed by atoms with Gasteiger partial charge in [-0.15, -0.1) is 0 Å². The van der Waals surface area contributed by atoms with Crippen molar-refractivity contribution in [1.82, 2.24) is 0 Å². The van der Waals surface area contributed by atoms with Crippen molar-refractivity contribution in [2.45, 2.75) is 12.2 Å². The van der Waals surface area contributed by atoms with Gasteiger partial charge in [-0.25, -0.2) is 0 Å². The molecule has 0 aliphatic carbocycles. The van der Waals surface area contributed by atoms with Crippen LogP contribution in [0, 0.1) is 0 Å². The first-order valence-corrected chi connectivity index (χ1v) is 8.80. The van der Waals surface area contributed by atoms with Crippen molar-refractivity contribution < 1.29 is 25.2 Å². The molecule has 1 rings (SSSR count). The van der Waals surface area contributed by atoms with E-state index >= 15 is 0 Å². The highest BCUT2D eigenvalue weighted by atomic mass is 32.2. The molecule has 0 N–H and O–H groups in total. The van der Waals surface area contributed by atoms with Crippen LogP contribution in [-0.2, 0) is 28.6 Å². The highest BCUT2D eigenvalue weighted by Crippen LogP contribution is 2.25. The standard InChI is InChI=1S/C6H12O6S3/c1-14(7,8)11-5-3-13-4-6(5)12-15(2,9)10/h5-6H,3-4H2,1-2H3/t5-,6-/m1/s1. The third-order valence-corrected chi connectivity index (χ3v) is 3.90. The summed E-state index contributed by atoms with van der Waals surface area (Å²) in [6.07, 6.45) is 0.403. The smallest absolute Gasteiger partial charge is 0.263 e. The second-order valence-corrected chi connectivity index (χ2v) is 7.49. The quantitative estimate of drug-likeness (QED) is 0.635. The fourth-order valence-corrected chi connectivity index (χ4v) is 3.76. The Labute approximate surface area is 93.6 Å². The summed E-state index contributed by atoms with van der Waals surface area (Å²) >= 11 is 1.39. The molecule has 15 heavy (non-hydrogen) atoms. The van der Waals surface area contributed by atoms with E-state index in [0.29, 0.717) is 11.5 Å². The summed E-state index contributed by atoms with van der Waals surface area (Å²) in [7, 11) is -7.17. The van der Waals surface area contributed by atoms with Gasteiger partial charge in [-0.05, 0) is 0 Å². The number of hydrogen-bond donors (Lipinski definition) is 0. The zero-order chi connectivity index (χ0) is 11.7. The van der Waals surface area contributed by atoms with Gasteiger partial charge in [0.2, 0.25) is 0 Å². The lowest BCUT2D eigenvalue weighted by atomic mass is 10.3. The molecule has 0 unspecified atom stereocenters. The van der Waals surface area contributed by atoms with Gasteiger partial charge in [0.25, 0.3) is 20.2 Å². The first kappa shape index (κ1) is 13.2. The molecular weight excluding hydrogens is 264 g/mol. The van der Waals surface area contributed by atoms with Crippen LogP contribution in [0.25, 0.3) is 0 Å². The zero-order valence-corrected chi connectivity index (χ0v) is 10.7. The molecule has 1 aliphatic rings. The van der Waals surface area contributed by atoms with Gasteiger partial charge in [0.05, 0.1) is 12.5 Å². The third-order valence-electron chi connectivity index (χ3n) is 1.58. The van der Waals surface area contributed by atoms with Crippen LogP contribution in [0.3, 0.4) is 0 Å². The van der Waals surface area contributed by atoms with Crippen LogP contribution in [0.5, 0.6) is 0 Å². The molecule has 6 nitrogen and oxygen atoms in total. The lowest BCUT2D eigenvalue weighted by Gasteiger charge is -2.16. The summed E-state index contributed by atoms with van der Waals surface area (Å²) in [5.74, 6) is 0.820. The minimum atomic E-state index is -3.58. The van der Waals surface area contributed by atoms with Crippen molar-refractivity contribution in [2.75, 3.05) is 24.0 Å². The molecule has 0 spiro atoms. The van der Waals surface area contributed by atoms with E-state index in [1.54, 1.807) is 0 Å². The Morgan fingerprint density at radius 1 is 0.933 bits per heavy atom. The molecule has 0 radical (unpaired) electrons. The van der Waals surface area contributed by atoms with E-state index in [-0.39, 0.29) is 0 Å².